The molecule has 0 fully saturated rings. The Morgan fingerprint density at radius 3 is 2.23 bits per heavy atom. The summed E-state index contributed by atoms with van der Waals surface area (Å²) in [6, 6.07) is 24.7. The fraction of sp³-hybridized carbons (Fsp3) is 0.185. The number of aryl methyl sites for hydroxylation is 2. The number of halogens is 2. The van der Waals surface area contributed by atoms with E-state index in [4.69, 9.17) is 0 Å². The van der Waals surface area contributed by atoms with Crippen molar-refractivity contribution in [2.24, 2.45) is 0 Å². The van der Waals surface area contributed by atoms with E-state index in [0.717, 1.165) is 8.58 Å². The summed E-state index contributed by atoms with van der Waals surface area (Å²) in [5.41, 5.74) is 10.7. The molecule has 0 heterocycles. The molecule has 156 valence electrons. The van der Waals surface area contributed by atoms with Gasteiger partial charge in [-0.2, -0.15) is 0 Å². The summed E-state index contributed by atoms with van der Waals surface area (Å²) in [6.45, 7) is 6.94. The zero-order valence-electron chi connectivity index (χ0n) is 17.9. The maximum absolute atomic E-state index is 2.50. The van der Waals surface area contributed by atoms with Gasteiger partial charge in [0.25, 0.3) is 0 Å². The third-order valence-electron chi connectivity index (χ3n) is 6.25. The molecule has 5 rings (SSSR count). The molecule has 0 saturated heterocycles. The standard InChI is InChI=1S/C16H14P.C11H11.2ClH.Ti/c1-12-11-13-7-5-6-10-15(13)16(12)17-14-8-3-2-4-9-14;1-8-6-7-9(2)11-5-3-4-10(8)11;;;/h2-11,17H,1H3;3-7H,1-2H3;2*1H;/q;;;;+2/p-2. The van der Waals surface area contributed by atoms with E-state index in [1.54, 1.807) is 22.0 Å². The number of benzene rings is 3. The quantitative estimate of drug-likeness (QED) is 0.371. The smallest absolute Gasteiger partial charge is 1.00 e. The Balaban J connectivity index is 0.00000136. The van der Waals surface area contributed by atoms with Gasteiger partial charge >= 0.3 is 185 Å². The van der Waals surface area contributed by atoms with Crippen LogP contribution >= 0.6 is 8.58 Å². The van der Waals surface area contributed by atoms with E-state index < -0.39 is 0 Å². The molecule has 4 heteroatoms. The second-order valence-electron chi connectivity index (χ2n) is 8.10. The summed E-state index contributed by atoms with van der Waals surface area (Å²) in [5, 5.41) is 3.03. The average Bonchev–Trinajstić information content (AvgIpc) is 3.28. The predicted molar refractivity (Wildman–Crippen MR) is 124 cm³/mol. The summed E-state index contributed by atoms with van der Waals surface area (Å²) in [5.74, 6) is 0. The second kappa shape index (κ2) is 10.2. The van der Waals surface area contributed by atoms with Crippen LogP contribution in [0.2, 0.25) is 0 Å². The fourth-order valence-corrected chi connectivity index (χ4v) is 9.32. The minimum atomic E-state index is -0.243. The first-order chi connectivity index (χ1) is 14.1. The van der Waals surface area contributed by atoms with Crippen molar-refractivity contribution in [2.45, 2.75) is 29.2 Å². The van der Waals surface area contributed by atoms with Crippen molar-refractivity contribution in [1.82, 2.24) is 0 Å². The van der Waals surface area contributed by atoms with Crippen LogP contribution in [-0.4, -0.2) is 0 Å². The molecule has 2 aliphatic rings. The molecule has 31 heavy (non-hydrogen) atoms. The van der Waals surface area contributed by atoms with Crippen LogP contribution in [0, 0.1) is 13.8 Å². The first kappa shape index (κ1) is 24.5. The van der Waals surface area contributed by atoms with E-state index in [-0.39, 0.29) is 44.0 Å². The van der Waals surface area contributed by atoms with Crippen molar-refractivity contribution >= 4 is 25.3 Å². The van der Waals surface area contributed by atoms with Gasteiger partial charge in [0, 0.05) is 0 Å². The van der Waals surface area contributed by atoms with Crippen LogP contribution in [-0.2, 0) is 19.2 Å². The van der Waals surface area contributed by atoms with Gasteiger partial charge in [-0.1, -0.05) is 0 Å². The Morgan fingerprint density at radius 2 is 1.45 bits per heavy atom. The molecule has 3 unspecified atom stereocenters. The molecule has 0 spiro atoms. The van der Waals surface area contributed by atoms with Gasteiger partial charge in [0.15, 0.2) is 0 Å². The first-order valence-electron chi connectivity index (χ1n) is 10.3. The zero-order chi connectivity index (χ0) is 20.0. The van der Waals surface area contributed by atoms with Crippen molar-refractivity contribution in [2.75, 3.05) is 0 Å². The van der Waals surface area contributed by atoms with Crippen LogP contribution in [0.4, 0.5) is 0 Å². The van der Waals surface area contributed by atoms with Crippen molar-refractivity contribution < 1.29 is 44.0 Å². The number of rotatable bonds is 4. The van der Waals surface area contributed by atoms with Crippen LogP contribution in [0.1, 0.15) is 48.7 Å². The molecule has 3 aromatic rings. The molecule has 3 atom stereocenters. The minimum Gasteiger partial charge on any atom is -1.00 e. The molecule has 2 aliphatic carbocycles. The van der Waals surface area contributed by atoms with E-state index in [1.165, 1.54) is 27.6 Å². The molecule has 0 nitrogen and oxygen atoms in total. The number of allylic oxidation sites excluding steroid dienone is 2. The summed E-state index contributed by atoms with van der Waals surface area (Å²) >= 11 is -0.243. The molecule has 3 aromatic carbocycles. The van der Waals surface area contributed by atoms with Gasteiger partial charge < -0.3 is 24.8 Å². The van der Waals surface area contributed by atoms with Crippen LogP contribution in [0.5, 0.6) is 0 Å². The molecular weight excluding hydrogens is 474 g/mol. The molecule has 0 aromatic heterocycles. The Kier molecular flexibility index (Phi) is 8.07. The largest absolute Gasteiger partial charge is 1.00 e. The second-order valence-corrected chi connectivity index (χ2v) is 11.8. The van der Waals surface area contributed by atoms with Gasteiger partial charge in [0.2, 0.25) is 0 Å². The third-order valence-corrected chi connectivity index (χ3v) is 10.8. The monoisotopic (exact) mass is 498 g/mol. The van der Waals surface area contributed by atoms with E-state index in [9.17, 15) is 0 Å². The summed E-state index contributed by atoms with van der Waals surface area (Å²) < 4.78 is 1.27. The van der Waals surface area contributed by atoms with Crippen molar-refractivity contribution in [3.63, 3.8) is 0 Å². The van der Waals surface area contributed by atoms with Crippen molar-refractivity contribution in [3.05, 3.63) is 112 Å². The van der Waals surface area contributed by atoms with E-state index >= 15 is 0 Å². The van der Waals surface area contributed by atoms with Crippen LogP contribution < -0.4 is 30.1 Å². The molecule has 0 radical (unpaired) electrons. The van der Waals surface area contributed by atoms with Crippen LogP contribution in [0.25, 0.3) is 11.4 Å². The van der Waals surface area contributed by atoms with Gasteiger partial charge in [0.05, 0.1) is 0 Å². The maximum atomic E-state index is 2.50. The summed E-state index contributed by atoms with van der Waals surface area (Å²) in [4.78, 5) is 0. The fourth-order valence-electron chi connectivity index (χ4n) is 4.71. The van der Waals surface area contributed by atoms with Crippen molar-refractivity contribution in [1.29, 1.82) is 0 Å². The van der Waals surface area contributed by atoms with Gasteiger partial charge in [0.1, 0.15) is 0 Å². The molecule has 0 N–H and O–H groups in total. The number of fused-ring (bicyclic) bond motifs is 2. The van der Waals surface area contributed by atoms with E-state index in [0.29, 0.717) is 8.45 Å². The summed E-state index contributed by atoms with van der Waals surface area (Å²) in [7, 11) is 0.745. The SMILES string of the molecule is CC1=C(Pc2ccccc2)c2ccccc2[CH]1[Ti+2][CH]1C=Cc2c(C)ccc(C)c21.[Cl-].[Cl-]. The Labute approximate surface area is 209 Å². The molecule has 0 saturated carbocycles. The Hall–Kier alpha value is -1.14. The van der Waals surface area contributed by atoms with Crippen LogP contribution in [0.15, 0.2) is 78.4 Å². The molecule has 0 amide bonds. The first-order valence-corrected chi connectivity index (χ1v) is 13.1. The van der Waals surface area contributed by atoms with Crippen LogP contribution in [0.3, 0.4) is 0 Å². The van der Waals surface area contributed by atoms with Gasteiger partial charge in [-0.25, -0.2) is 0 Å². The topological polar surface area (TPSA) is 0 Å². The molecule has 0 bridgehead atoms. The normalized spacial score (nSPS) is 18.4. The Morgan fingerprint density at radius 1 is 0.774 bits per heavy atom. The van der Waals surface area contributed by atoms with E-state index in [2.05, 4.69) is 99.7 Å². The summed E-state index contributed by atoms with van der Waals surface area (Å²) in [6.07, 6.45) is 4.89. The van der Waals surface area contributed by atoms with Crippen molar-refractivity contribution in [3.8, 4) is 0 Å². The number of hydrogen-bond donors (Lipinski definition) is 0. The van der Waals surface area contributed by atoms with Gasteiger partial charge in [-0.3, -0.25) is 0 Å². The number of hydrogen-bond acceptors (Lipinski definition) is 0. The zero-order valence-corrected chi connectivity index (χ0v) is 22.0. The van der Waals surface area contributed by atoms with Gasteiger partial charge in [-0.05, 0) is 0 Å². The predicted octanol–water partition coefficient (Wildman–Crippen LogP) is 0.952. The van der Waals surface area contributed by atoms with Gasteiger partial charge in [-0.15, -0.1) is 0 Å². The molecule has 0 aliphatic heterocycles. The minimum absolute atomic E-state index is 0. The third kappa shape index (κ3) is 4.52. The Bertz CT molecular complexity index is 1150. The maximum Gasteiger partial charge on any atom is -1.00 e. The average molecular weight is 499 g/mol. The molecular formula is C27H25Cl2PTi. The van der Waals surface area contributed by atoms with E-state index in [1.807, 2.05) is 0 Å².